The number of nitrogens with zero attached hydrogens (tertiary/aromatic N) is 2. The van der Waals surface area contributed by atoms with Gasteiger partial charge in [0.2, 0.25) is 5.91 Å². The summed E-state index contributed by atoms with van der Waals surface area (Å²) < 4.78 is 0. The molecule has 0 saturated carbocycles. The van der Waals surface area contributed by atoms with Crippen molar-refractivity contribution in [3.63, 3.8) is 0 Å². The fourth-order valence-corrected chi connectivity index (χ4v) is 3.58. The fourth-order valence-electron chi connectivity index (χ4n) is 3.58. The first-order valence-electron chi connectivity index (χ1n) is 8.74. The lowest BCUT2D eigenvalue weighted by Crippen LogP contribution is -2.47. The number of rotatable bonds is 4. The van der Waals surface area contributed by atoms with E-state index in [2.05, 4.69) is 0 Å². The summed E-state index contributed by atoms with van der Waals surface area (Å²) in [5.74, 6) is 0.0425. The lowest BCUT2D eigenvalue weighted by Gasteiger charge is -2.29. The molecule has 1 unspecified atom stereocenters. The Bertz CT molecular complexity index is 747. The van der Waals surface area contributed by atoms with Crippen LogP contribution in [0.3, 0.4) is 0 Å². The second kappa shape index (κ2) is 7.04. The second-order valence-electron chi connectivity index (χ2n) is 6.19. The topological polar surface area (TPSA) is 40.6 Å². The third kappa shape index (κ3) is 2.88. The Morgan fingerprint density at radius 3 is 2.54 bits per heavy atom. The van der Waals surface area contributed by atoms with Gasteiger partial charge in [-0.3, -0.25) is 9.59 Å². The molecule has 1 heterocycles. The zero-order valence-electron chi connectivity index (χ0n) is 14.4. The van der Waals surface area contributed by atoms with E-state index in [4.69, 9.17) is 0 Å². The van der Waals surface area contributed by atoms with Gasteiger partial charge in [-0.2, -0.15) is 0 Å². The Kier molecular flexibility index (Phi) is 4.84. The van der Waals surface area contributed by atoms with E-state index in [-0.39, 0.29) is 17.9 Å². The number of likely N-dealkylation sites (N-methyl/N-ethyl adjacent to an activating group) is 1. The van der Waals surface area contributed by atoms with Gasteiger partial charge in [-0.05, 0) is 43.5 Å². The fraction of sp³-hybridized carbons (Fsp3) is 0.400. The van der Waals surface area contributed by atoms with Gasteiger partial charge in [-0.15, -0.1) is 0 Å². The van der Waals surface area contributed by atoms with Gasteiger partial charge in [0.15, 0.2) is 0 Å². The lowest BCUT2D eigenvalue weighted by atomic mass is 10.0. The Balaban J connectivity index is 1.92. The normalized spacial score (nSPS) is 17.2. The van der Waals surface area contributed by atoms with Gasteiger partial charge < -0.3 is 9.80 Å². The summed E-state index contributed by atoms with van der Waals surface area (Å²) in [6.45, 7) is 5.98. The monoisotopic (exact) mass is 324 g/mol. The van der Waals surface area contributed by atoms with Crippen molar-refractivity contribution in [1.29, 1.82) is 0 Å². The van der Waals surface area contributed by atoms with Crippen LogP contribution in [0.2, 0.25) is 0 Å². The van der Waals surface area contributed by atoms with E-state index in [1.165, 1.54) is 0 Å². The lowest BCUT2D eigenvalue weighted by molar-refractivity contribution is -0.134. The molecule has 126 valence electrons. The SMILES string of the molecule is CCN(CC)C(=O)C1CCCN1C(=O)c1cccc2ccccc12. The zero-order chi connectivity index (χ0) is 17.1. The van der Waals surface area contributed by atoms with Crippen molar-refractivity contribution in [3.8, 4) is 0 Å². The molecule has 0 radical (unpaired) electrons. The molecular formula is C20H24N2O2. The molecule has 4 heteroatoms. The Morgan fingerprint density at radius 1 is 1.08 bits per heavy atom. The van der Waals surface area contributed by atoms with E-state index in [1.54, 1.807) is 4.90 Å². The van der Waals surface area contributed by atoms with Gasteiger partial charge >= 0.3 is 0 Å². The average Bonchev–Trinajstić information content (AvgIpc) is 3.11. The largest absolute Gasteiger partial charge is 0.341 e. The second-order valence-corrected chi connectivity index (χ2v) is 6.19. The summed E-state index contributed by atoms with van der Waals surface area (Å²) >= 11 is 0. The van der Waals surface area contributed by atoms with E-state index < -0.39 is 0 Å². The summed E-state index contributed by atoms with van der Waals surface area (Å²) in [6.07, 6.45) is 1.64. The molecule has 0 spiro atoms. The van der Waals surface area contributed by atoms with Crippen molar-refractivity contribution in [1.82, 2.24) is 9.80 Å². The van der Waals surface area contributed by atoms with Gasteiger partial charge in [0.05, 0.1) is 0 Å². The molecule has 1 aliphatic heterocycles. The summed E-state index contributed by atoms with van der Waals surface area (Å²) in [4.78, 5) is 29.5. The van der Waals surface area contributed by atoms with Crippen molar-refractivity contribution in [2.75, 3.05) is 19.6 Å². The third-order valence-corrected chi connectivity index (χ3v) is 4.89. The molecule has 2 amide bonds. The molecule has 0 aliphatic carbocycles. The molecule has 2 aromatic rings. The van der Waals surface area contributed by atoms with E-state index in [0.717, 1.165) is 23.6 Å². The maximum Gasteiger partial charge on any atom is 0.255 e. The predicted molar refractivity (Wildman–Crippen MR) is 95.9 cm³/mol. The first-order chi connectivity index (χ1) is 11.7. The third-order valence-electron chi connectivity index (χ3n) is 4.89. The van der Waals surface area contributed by atoms with E-state index >= 15 is 0 Å². The highest BCUT2D eigenvalue weighted by Crippen LogP contribution is 2.25. The molecular weight excluding hydrogens is 300 g/mol. The van der Waals surface area contributed by atoms with Crippen molar-refractivity contribution in [2.45, 2.75) is 32.7 Å². The van der Waals surface area contributed by atoms with E-state index in [1.807, 2.05) is 61.2 Å². The number of carbonyl (C=O) groups excluding carboxylic acids is 2. The smallest absolute Gasteiger partial charge is 0.255 e. The summed E-state index contributed by atoms with van der Waals surface area (Å²) in [5.41, 5.74) is 0.687. The highest BCUT2D eigenvalue weighted by atomic mass is 16.2. The van der Waals surface area contributed by atoms with Crippen molar-refractivity contribution in [2.24, 2.45) is 0 Å². The number of hydrogen-bond acceptors (Lipinski definition) is 2. The van der Waals surface area contributed by atoms with Crippen LogP contribution < -0.4 is 0 Å². The van der Waals surface area contributed by atoms with Crippen LogP contribution in [0.5, 0.6) is 0 Å². The maximum atomic E-state index is 13.1. The van der Waals surface area contributed by atoms with Gasteiger partial charge in [0.25, 0.3) is 5.91 Å². The summed E-state index contributed by atoms with van der Waals surface area (Å²) in [5, 5.41) is 2.00. The van der Waals surface area contributed by atoms with Crippen LogP contribution in [0.1, 0.15) is 37.0 Å². The minimum Gasteiger partial charge on any atom is -0.341 e. The summed E-state index contributed by atoms with van der Waals surface area (Å²) in [7, 11) is 0. The van der Waals surface area contributed by atoms with Crippen molar-refractivity contribution >= 4 is 22.6 Å². The van der Waals surface area contributed by atoms with Crippen LogP contribution >= 0.6 is 0 Å². The molecule has 3 rings (SSSR count). The van der Waals surface area contributed by atoms with Gasteiger partial charge in [0.1, 0.15) is 6.04 Å². The van der Waals surface area contributed by atoms with Crippen LogP contribution in [0.4, 0.5) is 0 Å². The molecule has 1 saturated heterocycles. The number of benzene rings is 2. The molecule has 1 aliphatic rings. The van der Waals surface area contributed by atoms with Gasteiger partial charge in [0, 0.05) is 25.2 Å². The molecule has 0 bridgehead atoms. The predicted octanol–water partition coefficient (Wildman–Crippen LogP) is 3.31. The number of hydrogen-bond donors (Lipinski definition) is 0. The molecule has 0 N–H and O–H groups in total. The first kappa shape index (κ1) is 16.5. The zero-order valence-corrected chi connectivity index (χ0v) is 14.4. The Hall–Kier alpha value is -2.36. The van der Waals surface area contributed by atoms with Gasteiger partial charge in [-0.25, -0.2) is 0 Å². The number of amides is 2. The van der Waals surface area contributed by atoms with Crippen molar-refractivity contribution in [3.05, 3.63) is 48.0 Å². The van der Waals surface area contributed by atoms with Crippen LogP contribution in [0, 0.1) is 0 Å². The standard InChI is InChI=1S/C20H24N2O2/c1-3-21(4-2)20(24)18-13-8-14-22(18)19(23)17-12-7-10-15-9-5-6-11-16(15)17/h5-7,9-12,18H,3-4,8,13-14H2,1-2H3. The minimum absolute atomic E-state index is 0.0326. The molecule has 2 aromatic carbocycles. The highest BCUT2D eigenvalue weighted by molar-refractivity contribution is 6.08. The molecule has 1 fully saturated rings. The Morgan fingerprint density at radius 2 is 1.79 bits per heavy atom. The maximum absolute atomic E-state index is 13.1. The first-order valence-corrected chi connectivity index (χ1v) is 8.74. The van der Waals surface area contributed by atoms with E-state index in [9.17, 15) is 9.59 Å². The van der Waals surface area contributed by atoms with Crippen LogP contribution in [-0.4, -0.2) is 47.3 Å². The minimum atomic E-state index is -0.323. The average molecular weight is 324 g/mol. The Labute approximate surface area is 143 Å². The van der Waals surface area contributed by atoms with Crippen molar-refractivity contribution < 1.29 is 9.59 Å². The quantitative estimate of drug-likeness (QED) is 0.866. The molecule has 24 heavy (non-hydrogen) atoms. The molecule has 4 nitrogen and oxygen atoms in total. The van der Waals surface area contributed by atoms with Crippen LogP contribution in [0.25, 0.3) is 10.8 Å². The number of carbonyl (C=O) groups is 2. The molecule has 1 atom stereocenters. The number of likely N-dealkylation sites (tertiary alicyclic amines) is 1. The summed E-state index contributed by atoms with van der Waals surface area (Å²) in [6, 6.07) is 13.4. The van der Waals surface area contributed by atoms with Gasteiger partial charge in [-0.1, -0.05) is 36.4 Å². The molecule has 0 aromatic heterocycles. The van der Waals surface area contributed by atoms with E-state index in [0.29, 0.717) is 25.2 Å². The van der Waals surface area contributed by atoms with Crippen LogP contribution in [0.15, 0.2) is 42.5 Å². The number of fused-ring (bicyclic) bond motifs is 1. The van der Waals surface area contributed by atoms with Crippen LogP contribution in [-0.2, 0) is 4.79 Å². The highest BCUT2D eigenvalue weighted by Gasteiger charge is 2.36.